The summed E-state index contributed by atoms with van der Waals surface area (Å²) in [7, 11) is 0. The Labute approximate surface area is 123 Å². The van der Waals surface area contributed by atoms with Gasteiger partial charge in [0, 0.05) is 0 Å². The summed E-state index contributed by atoms with van der Waals surface area (Å²) in [5.41, 5.74) is 7.14. The van der Waals surface area contributed by atoms with Crippen molar-refractivity contribution in [1.29, 1.82) is 0 Å². The van der Waals surface area contributed by atoms with Crippen LogP contribution < -0.4 is 0 Å². The van der Waals surface area contributed by atoms with Crippen molar-refractivity contribution in [3.63, 3.8) is 0 Å². The standard InChI is InChI=1S/C17H18N2S/c1-11-13(12-8-6-5-7-9-12)10-14(17(2,3)4)16-15(11)18-20-19-16/h5-10H,1-4H3. The number of fused-ring (bicyclic) bond motifs is 1. The highest BCUT2D eigenvalue weighted by atomic mass is 32.1. The van der Waals surface area contributed by atoms with Gasteiger partial charge in [-0.25, -0.2) is 0 Å². The Morgan fingerprint density at radius 2 is 1.60 bits per heavy atom. The van der Waals surface area contributed by atoms with Gasteiger partial charge in [0.15, 0.2) is 0 Å². The van der Waals surface area contributed by atoms with Crippen molar-refractivity contribution in [2.45, 2.75) is 33.1 Å². The van der Waals surface area contributed by atoms with Gasteiger partial charge >= 0.3 is 0 Å². The highest BCUT2D eigenvalue weighted by Gasteiger charge is 2.22. The summed E-state index contributed by atoms with van der Waals surface area (Å²) >= 11 is 1.30. The summed E-state index contributed by atoms with van der Waals surface area (Å²) in [6.45, 7) is 8.82. The minimum Gasteiger partial charge on any atom is -0.173 e. The van der Waals surface area contributed by atoms with E-state index >= 15 is 0 Å². The van der Waals surface area contributed by atoms with E-state index in [0.29, 0.717) is 0 Å². The Kier molecular flexibility index (Phi) is 3.09. The molecule has 1 heterocycles. The first kappa shape index (κ1) is 13.3. The first-order valence-electron chi connectivity index (χ1n) is 6.80. The van der Waals surface area contributed by atoms with Gasteiger partial charge in [0.05, 0.1) is 11.7 Å². The van der Waals surface area contributed by atoms with Crippen molar-refractivity contribution < 1.29 is 0 Å². The van der Waals surface area contributed by atoms with E-state index in [-0.39, 0.29) is 5.41 Å². The molecule has 1 aromatic heterocycles. The van der Waals surface area contributed by atoms with E-state index in [1.807, 2.05) is 6.07 Å². The minimum absolute atomic E-state index is 0.0607. The molecule has 20 heavy (non-hydrogen) atoms. The number of aromatic nitrogens is 2. The summed E-state index contributed by atoms with van der Waals surface area (Å²) in [4.78, 5) is 0. The third kappa shape index (κ3) is 2.12. The fraction of sp³-hybridized carbons (Fsp3) is 0.294. The number of rotatable bonds is 1. The Hall–Kier alpha value is -1.74. The maximum absolute atomic E-state index is 4.51. The van der Waals surface area contributed by atoms with Crippen LogP contribution in [-0.4, -0.2) is 8.75 Å². The van der Waals surface area contributed by atoms with Crippen LogP contribution in [0.15, 0.2) is 36.4 Å². The molecular weight excluding hydrogens is 264 g/mol. The van der Waals surface area contributed by atoms with Crippen LogP contribution in [0.4, 0.5) is 0 Å². The third-order valence-electron chi connectivity index (χ3n) is 3.68. The van der Waals surface area contributed by atoms with Crippen molar-refractivity contribution in [1.82, 2.24) is 8.75 Å². The lowest BCUT2D eigenvalue weighted by Crippen LogP contribution is -2.12. The van der Waals surface area contributed by atoms with Gasteiger partial charge in [-0.15, -0.1) is 0 Å². The normalized spacial score (nSPS) is 12.0. The van der Waals surface area contributed by atoms with Gasteiger partial charge in [0.2, 0.25) is 0 Å². The van der Waals surface area contributed by atoms with Crippen molar-refractivity contribution >= 4 is 22.8 Å². The molecule has 0 saturated carbocycles. The Morgan fingerprint density at radius 3 is 2.25 bits per heavy atom. The second-order valence-corrected chi connectivity index (χ2v) is 6.70. The smallest absolute Gasteiger partial charge is 0.108 e. The summed E-state index contributed by atoms with van der Waals surface area (Å²) in [6.07, 6.45) is 0. The van der Waals surface area contributed by atoms with E-state index in [1.165, 1.54) is 34.0 Å². The number of benzene rings is 2. The van der Waals surface area contributed by atoms with Crippen molar-refractivity contribution in [2.75, 3.05) is 0 Å². The monoisotopic (exact) mass is 282 g/mol. The van der Waals surface area contributed by atoms with E-state index in [9.17, 15) is 0 Å². The number of hydrogen-bond donors (Lipinski definition) is 0. The molecule has 0 fully saturated rings. The maximum atomic E-state index is 4.51. The Morgan fingerprint density at radius 1 is 0.950 bits per heavy atom. The van der Waals surface area contributed by atoms with E-state index in [2.05, 4.69) is 66.8 Å². The van der Waals surface area contributed by atoms with Crippen LogP contribution in [0.3, 0.4) is 0 Å². The SMILES string of the molecule is Cc1c(-c2ccccc2)cc(C(C)(C)C)c2nsnc12. The maximum Gasteiger partial charge on any atom is 0.108 e. The predicted octanol–water partition coefficient (Wildman–Crippen LogP) is 4.96. The molecule has 0 aliphatic carbocycles. The van der Waals surface area contributed by atoms with Crippen molar-refractivity contribution in [2.24, 2.45) is 0 Å². The van der Waals surface area contributed by atoms with Crippen molar-refractivity contribution in [3.8, 4) is 11.1 Å². The average Bonchev–Trinajstić information content (AvgIpc) is 2.88. The zero-order valence-corrected chi connectivity index (χ0v) is 13.1. The zero-order valence-electron chi connectivity index (χ0n) is 12.3. The zero-order chi connectivity index (χ0) is 14.3. The van der Waals surface area contributed by atoms with Crippen LogP contribution in [-0.2, 0) is 5.41 Å². The second-order valence-electron chi connectivity index (χ2n) is 6.17. The highest BCUT2D eigenvalue weighted by molar-refractivity contribution is 7.00. The van der Waals surface area contributed by atoms with E-state index < -0.39 is 0 Å². The van der Waals surface area contributed by atoms with Crippen molar-refractivity contribution in [3.05, 3.63) is 47.5 Å². The van der Waals surface area contributed by atoms with Crippen LogP contribution in [0.1, 0.15) is 31.9 Å². The Balaban J connectivity index is 2.37. The molecule has 2 nitrogen and oxygen atoms in total. The highest BCUT2D eigenvalue weighted by Crippen LogP contribution is 2.36. The topological polar surface area (TPSA) is 25.8 Å². The quantitative estimate of drug-likeness (QED) is 0.630. The van der Waals surface area contributed by atoms with Gasteiger partial charge in [0.25, 0.3) is 0 Å². The molecule has 0 atom stereocenters. The molecular formula is C17H18N2S. The summed E-state index contributed by atoms with van der Waals surface area (Å²) in [5.74, 6) is 0. The van der Waals surface area contributed by atoms with Crippen LogP contribution in [0.5, 0.6) is 0 Å². The lowest BCUT2D eigenvalue weighted by molar-refractivity contribution is 0.595. The van der Waals surface area contributed by atoms with Crippen LogP contribution in [0.25, 0.3) is 22.2 Å². The molecule has 3 rings (SSSR count). The van der Waals surface area contributed by atoms with Gasteiger partial charge < -0.3 is 0 Å². The molecule has 0 spiro atoms. The molecule has 0 bridgehead atoms. The van der Waals surface area contributed by atoms with Gasteiger partial charge in [-0.3, -0.25) is 0 Å². The van der Waals surface area contributed by atoms with Gasteiger partial charge in [0.1, 0.15) is 11.0 Å². The fourth-order valence-corrected chi connectivity index (χ4v) is 3.16. The Bertz CT molecular complexity index is 752. The molecule has 0 aliphatic heterocycles. The van der Waals surface area contributed by atoms with Crippen LogP contribution in [0.2, 0.25) is 0 Å². The molecule has 0 aliphatic rings. The van der Waals surface area contributed by atoms with Gasteiger partial charge in [-0.05, 0) is 40.7 Å². The van der Waals surface area contributed by atoms with E-state index in [4.69, 9.17) is 0 Å². The van der Waals surface area contributed by atoms with Crippen LogP contribution in [0, 0.1) is 6.92 Å². The number of aryl methyl sites for hydroxylation is 1. The molecule has 102 valence electrons. The van der Waals surface area contributed by atoms with Gasteiger partial charge in [-0.2, -0.15) is 8.75 Å². The van der Waals surface area contributed by atoms with Crippen LogP contribution >= 0.6 is 11.7 Å². The molecule has 3 aromatic rings. The molecule has 3 heteroatoms. The molecule has 0 saturated heterocycles. The molecule has 0 amide bonds. The van der Waals surface area contributed by atoms with Gasteiger partial charge in [-0.1, -0.05) is 51.1 Å². The lowest BCUT2D eigenvalue weighted by atomic mass is 9.83. The van der Waals surface area contributed by atoms with E-state index in [1.54, 1.807) is 0 Å². The number of nitrogens with zero attached hydrogens (tertiary/aromatic N) is 2. The molecule has 2 aromatic carbocycles. The largest absolute Gasteiger partial charge is 0.173 e. The van der Waals surface area contributed by atoms with E-state index in [0.717, 1.165) is 11.0 Å². The minimum atomic E-state index is 0.0607. The average molecular weight is 282 g/mol. The molecule has 0 N–H and O–H groups in total. The first-order chi connectivity index (χ1) is 9.48. The second kappa shape index (κ2) is 4.67. The number of hydrogen-bond acceptors (Lipinski definition) is 3. The fourth-order valence-electron chi connectivity index (χ4n) is 2.55. The predicted molar refractivity (Wildman–Crippen MR) is 86.3 cm³/mol. The molecule has 0 unspecified atom stereocenters. The molecule has 0 radical (unpaired) electrons. The summed E-state index contributed by atoms with van der Waals surface area (Å²) < 4.78 is 9.02. The summed E-state index contributed by atoms with van der Waals surface area (Å²) in [6, 6.07) is 12.8. The summed E-state index contributed by atoms with van der Waals surface area (Å²) in [5, 5.41) is 0. The third-order valence-corrected chi connectivity index (χ3v) is 4.21. The first-order valence-corrected chi connectivity index (χ1v) is 7.53. The lowest BCUT2D eigenvalue weighted by Gasteiger charge is -2.21.